The van der Waals surface area contributed by atoms with Crippen molar-refractivity contribution in [1.29, 1.82) is 0 Å². The van der Waals surface area contributed by atoms with Crippen molar-refractivity contribution >= 4 is 5.97 Å². The number of carboxylic acid groups (broad SMARTS) is 1. The number of dihydropyridines is 1. The smallest absolute Gasteiger partial charge is 0.309 e. The second-order valence-corrected chi connectivity index (χ2v) is 14.5. The molecule has 9 heteroatoms. The minimum atomic E-state index is -1.47. The Labute approximate surface area is 275 Å². The maximum Gasteiger partial charge on any atom is 0.309 e. The van der Waals surface area contributed by atoms with Gasteiger partial charge in [-0.3, -0.25) is 4.79 Å². The standard InChI is InChI=1S/C37H59N3O6/c1-2-3-5-9-26-13-14-29(33(42)21-26)10-6-4-7-12-31(35(43)44)32(41)15-17-36(45)23-28(20-27-16-19-40-34(38)22-27)24-37(36,46)25-30-11-8-18-39-30/h8,11,13-14,16,18,22,26,28-29,31-33,39-42,45-46H,2-7,9-10,12,15,17,19-21,23-25,38H2,1H3,(H,43,44)/t26-,28+,29-,31+,32-,33-,36+,37-/m1/s1. The Kier molecular flexibility index (Phi) is 13.4. The number of unbranched alkanes of at least 4 members (excludes halogenated alkanes) is 4. The van der Waals surface area contributed by atoms with Crippen LogP contribution < -0.4 is 11.1 Å². The van der Waals surface area contributed by atoms with Gasteiger partial charge >= 0.3 is 5.97 Å². The lowest BCUT2D eigenvalue weighted by molar-refractivity contribution is -0.150. The maximum absolute atomic E-state index is 12.2. The van der Waals surface area contributed by atoms with Crippen molar-refractivity contribution in [3.05, 3.63) is 59.7 Å². The van der Waals surface area contributed by atoms with Gasteiger partial charge in [-0.1, -0.05) is 63.7 Å². The Bertz CT molecular complexity index is 1180. The first kappa shape index (κ1) is 36.2. The summed E-state index contributed by atoms with van der Waals surface area (Å²) in [4.78, 5) is 15.3. The topological polar surface area (TPSA) is 172 Å². The molecule has 9 N–H and O–H groups in total. The second kappa shape index (κ2) is 17.0. The van der Waals surface area contributed by atoms with Gasteiger partial charge in [0.05, 0.1) is 35.1 Å². The Hall–Kier alpha value is -2.59. The van der Waals surface area contributed by atoms with Crippen LogP contribution >= 0.6 is 0 Å². The van der Waals surface area contributed by atoms with Gasteiger partial charge < -0.3 is 41.6 Å². The number of aliphatic hydroxyl groups excluding tert-OH is 2. The number of nitrogens with two attached hydrogens (primary N) is 1. The summed E-state index contributed by atoms with van der Waals surface area (Å²) in [6.45, 7) is 2.84. The summed E-state index contributed by atoms with van der Waals surface area (Å²) >= 11 is 0. The Balaban J connectivity index is 1.27. The number of aliphatic hydroxyl groups is 4. The number of H-pyrrole nitrogens is 1. The van der Waals surface area contributed by atoms with Crippen LogP contribution in [0.25, 0.3) is 0 Å². The summed E-state index contributed by atoms with van der Waals surface area (Å²) in [7, 11) is 0. The molecule has 0 radical (unpaired) electrons. The van der Waals surface area contributed by atoms with E-state index in [1.165, 1.54) is 19.3 Å². The number of carbonyl (C=O) groups is 1. The molecule has 1 fully saturated rings. The third-order valence-corrected chi connectivity index (χ3v) is 10.8. The maximum atomic E-state index is 12.2. The summed E-state index contributed by atoms with van der Waals surface area (Å²) in [6, 6.07) is 3.74. The predicted molar refractivity (Wildman–Crippen MR) is 180 cm³/mol. The largest absolute Gasteiger partial charge is 0.481 e. The fourth-order valence-electron chi connectivity index (χ4n) is 8.14. The summed E-state index contributed by atoms with van der Waals surface area (Å²) in [5, 5.41) is 58.7. The van der Waals surface area contributed by atoms with Crippen molar-refractivity contribution < 1.29 is 30.3 Å². The molecule has 1 aromatic rings. The SMILES string of the molecule is CCCCC[C@@H]1C=C[C@@H](CCCCC[C@H](C(=O)O)[C@H](O)CC[C@]2(O)C[C@H](CC3=CCNC(N)=C3)C[C@@]2(O)Cc2ccc[nH]2)[C@H](O)C1. The van der Waals surface area contributed by atoms with Gasteiger partial charge in [0.1, 0.15) is 0 Å². The third kappa shape index (κ3) is 9.96. The molecule has 1 aromatic heterocycles. The van der Waals surface area contributed by atoms with E-state index in [9.17, 15) is 30.3 Å². The first-order valence-corrected chi connectivity index (χ1v) is 17.8. The molecule has 0 spiro atoms. The third-order valence-electron chi connectivity index (χ3n) is 10.8. The number of aromatic amines is 1. The monoisotopic (exact) mass is 641 g/mol. The van der Waals surface area contributed by atoms with Crippen LogP contribution in [0.4, 0.5) is 0 Å². The number of hydrogen-bond acceptors (Lipinski definition) is 7. The van der Waals surface area contributed by atoms with Crippen molar-refractivity contribution in [1.82, 2.24) is 10.3 Å². The van der Waals surface area contributed by atoms with Crippen molar-refractivity contribution in [2.45, 2.75) is 133 Å². The zero-order valence-electron chi connectivity index (χ0n) is 27.7. The van der Waals surface area contributed by atoms with E-state index in [1.54, 1.807) is 6.20 Å². The molecule has 2 heterocycles. The molecule has 2 aliphatic carbocycles. The average Bonchev–Trinajstić information content (AvgIpc) is 3.59. The molecule has 0 unspecified atom stereocenters. The van der Waals surface area contributed by atoms with Gasteiger partial charge in [0.15, 0.2) is 0 Å². The number of carboxylic acids is 1. The van der Waals surface area contributed by atoms with Gasteiger partial charge in [-0.05, 0) is 93.4 Å². The van der Waals surface area contributed by atoms with Crippen molar-refractivity contribution in [2.24, 2.45) is 29.4 Å². The van der Waals surface area contributed by atoms with Crippen LogP contribution in [0.1, 0.15) is 109 Å². The lowest BCUT2D eigenvalue weighted by Crippen LogP contribution is -2.52. The summed E-state index contributed by atoms with van der Waals surface area (Å²) in [5.74, 6) is -0.734. The molecular formula is C37H59N3O6. The van der Waals surface area contributed by atoms with Crippen LogP contribution in [-0.2, 0) is 11.2 Å². The van der Waals surface area contributed by atoms with Gasteiger partial charge in [-0.25, -0.2) is 0 Å². The van der Waals surface area contributed by atoms with E-state index < -0.39 is 29.2 Å². The van der Waals surface area contributed by atoms with Crippen LogP contribution in [0.15, 0.2) is 54.0 Å². The van der Waals surface area contributed by atoms with E-state index in [4.69, 9.17) is 5.73 Å². The van der Waals surface area contributed by atoms with E-state index >= 15 is 0 Å². The molecule has 258 valence electrons. The first-order valence-electron chi connectivity index (χ1n) is 17.8. The highest BCUT2D eigenvalue weighted by Crippen LogP contribution is 2.49. The van der Waals surface area contributed by atoms with E-state index in [0.717, 1.165) is 43.4 Å². The van der Waals surface area contributed by atoms with E-state index in [0.29, 0.717) is 50.4 Å². The quantitative estimate of drug-likeness (QED) is 0.0764. The Morgan fingerprint density at radius 2 is 1.85 bits per heavy atom. The molecule has 4 rings (SSSR count). The lowest BCUT2D eigenvalue weighted by Gasteiger charge is -2.39. The zero-order chi connectivity index (χ0) is 33.2. The predicted octanol–water partition coefficient (Wildman–Crippen LogP) is 5.08. The highest BCUT2D eigenvalue weighted by atomic mass is 16.4. The first-order chi connectivity index (χ1) is 22.0. The molecular weight excluding hydrogens is 582 g/mol. The average molecular weight is 642 g/mol. The number of allylic oxidation sites excluding steroid dienone is 3. The summed E-state index contributed by atoms with van der Waals surface area (Å²) < 4.78 is 0. The van der Waals surface area contributed by atoms with Gasteiger partial charge in [0.2, 0.25) is 0 Å². The molecule has 9 nitrogen and oxygen atoms in total. The fraction of sp³-hybridized carbons (Fsp3) is 0.703. The van der Waals surface area contributed by atoms with Crippen LogP contribution in [0, 0.1) is 23.7 Å². The normalized spacial score (nSPS) is 30.8. The molecule has 46 heavy (non-hydrogen) atoms. The van der Waals surface area contributed by atoms with Gasteiger partial charge in [0.25, 0.3) is 0 Å². The fourth-order valence-corrected chi connectivity index (χ4v) is 8.14. The Morgan fingerprint density at radius 3 is 2.54 bits per heavy atom. The molecule has 1 saturated carbocycles. The van der Waals surface area contributed by atoms with Crippen LogP contribution in [0.3, 0.4) is 0 Å². The van der Waals surface area contributed by atoms with Gasteiger partial charge in [-0.15, -0.1) is 0 Å². The van der Waals surface area contributed by atoms with Gasteiger partial charge in [0, 0.05) is 30.8 Å². The van der Waals surface area contributed by atoms with E-state index in [-0.39, 0.29) is 37.2 Å². The van der Waals surface area contributed by atoms with Crippen LogP contribution in [0.5, 0.6) is 0 Å². The minimum Gasteiger partial charge on any atom is -0.481 e. The van der Waals surface area contributed by atoms with E-state index in [1.807, 2.05) is 18.2 Å². The molecule has 0 aromatic carbocycles. The molecule has 0 saturated heterocycles. The number of rotatable bonds is 19. The van der Waals surface area contributed by atoms with Crippen molar-refractivity contribution in [3.63, 3.8) is 0 Å². The number of nitrogens with one attached hydrogen (secondary N) is 2. The highest BCUT2D eigenvalue weighted by Gasteiger charge is 2.56. The van der Waals surface area contributed by atoms with E-state index in [2.05, 4.69) is 35.5 Å². The van der Waals surface area contributed by atoms with Crippen LogP contribution in [-0.4, -0.2) is 66.4 Å². The molecule has 8 atom stereocenters. The molecule has 0 amide bonds. The van der Waals surface area contributed by atoms with Gasteiger partial charge in [-0.2, -0.15) is 0 Å². The lowest BCUT2D eigenvalue weighted by atomic mass is 9.77. The van der Waals surface area contributed by atoms with Crippen molar-refractivity contribution in [3.8, 4) is 0 Å². The van der Waals surface area contributed by atoms with Crippen LogP contribution in [0.2, 0.25) is 0 Å². The molecule has 3 aliphatic rings. The summed E-state index contributed by atoms with van der Waals surface area (Å²) in [5.41, 5.74) is 4.95. The summed E-state index contributed by atoms with van der Waals surface area (Å²) in [6.07, 6.45) is 19.9. The minimum absolute atomic E-state index is 0.00949. The number of aliphatic carboxylic acids is 1. The zero-order valence-corrected chi connectivity index (χ0v) is 27.7. The molecule has 1 aliphatic heterocycles. The Morgan fingerprint density at radius 1 is 1.07 bits per heavy atom. The highest BCUT2D eigenvalue weighted by molar-refractivity contribution is 5.70. The second-order valence-electron chi connectivity index (χ2n) is 14.5. The number of aromatic nitrogens is 1. The molecule has 0 bridgehead atoms. The van der Waals surface area contributed by atoms with Crippen molar-refractivity contribution in [2.75, 3.05) is 6.54 Å². The number of hydrogen-bond donors (Lipinski definition) is 8.